The zero-order valence-electron chi connectivity index (χ0n) is 17.1. The van der Waals surface area contributed by atoms with E-state index in [4.69, 9.17) is 31.5 Å². The minimum absolute atomic E-state index is 0.00452. The quantitative estimate of drug-likeness (QED) is 0.599. The largest absolute Gasteiger partial charge is 0.489 e. The second-order valence-corrected chi connectivity index (χ2v) is 8.63. The number of aliphatic hydroxyl groups is 1. The van der Waals surface area contributed by atoms with Crippen molar-refractivity contribution in [1.29, 1.82) is 0 Å². The number of β-amino-alcohol motifs (C(OH)–C–C–N with tert-alkyl or cyclic N) is 1. The van der Waals surface area contributed by atoms with Crippen molar-refractivity contribution in [3.63, 3.8) is 0 Å². The van der Waals surface area contributed by atoms with Crippen molar-refractivity contribution in [1.82, 2.24) is 10.2 Å². The molecule has 1 amide bonds. The lowest BCUT2D eigenvalue weighted by Crippen LogP contribution is -2.49. The zero-order valence-corrected chi connectivity index (χ0v) is 17.8. The molecule has 3 atom stereocenters. The van der Waals surface area contributed by atoms with Crippen molar-refractivity contribution in [2.45, 2.75) is 37.9 Å². The summed E-state index contributed by atoms with van der Waals surface area (Å²) >= 11 is 6.24. The summed E-state index contributed by atoms with van der Waals surface area (Å²) in [5.41, 5.74) is 6.55. The first kappa shape index (κ1) is 21.5. The predicted octanol–water partition coefficient (Wildman–Crippen LogP) is 1.68. The van der Waals surface area contributed by atoms with Crippen molar-refractivity contribution >= 4 is 23.2 Å². The van der Waals surface area contributed by atoms with Gasteiger partial charge in [-0.05, 0) is 31.9 Å². The zero-order chi connectivity index (χ0) is 21.1. The fraction of sp³-hybridized carbons (Fsp3) is 0.667. The van der Waals surface area contributed by atoms with Gasteiger partial charge in [-0.25, -0.2) is 0 Å². The number of rotatable bonds is 5. The van der Waals surface area contributed by atoms with Crippen molar-refractivity contribution < 1.29 is 24.1 Å². The minimum atomic E-state index is -0.493. The van der Waals surface area contributed by atoms with Crippen LogP contribution >= 0.6 is 11.6 Å². The van der Waals surface area contributed by atoms with Gasteiger partial charge in [-0.2, -0.15) is 0 Å². The number of carbonyl (C=O) groups excluding carboxylic acids is 1. The van der Waals surface area contributed by atoms with Crippen LogP contribution in [0.15, 0.2) is 6.07 Å². The number of nitrogens with two attached hydrogens (primary N) is 1. The molecule has 1 aromatic rings. The molecule has 3 aliphatic rings. The second-order valence-electron chi connectivity index (χ2n) is 8.26. The van der Waals surface area contributed by atoms with Gasteiger partial charge in [0, 0.05) is 38.6 Å². The van der Waals surface area contributed by atoms with Crippen molar-refractivity contribution in [3.05, 3.63) is 16.7 Å². The van der Waals surface area contributed by atoms with Crippen LogP contribution < -0.4 is 20.5 Å². The number of ether oxygens (including phenoxy) is 3. The maximum atomic E-state index is 12.9. The van der Waals surface area contributed by atoms with Crippen LogP contribution in [0.5, 0.6) is 11.5 Å². The van der Waals surface area contributed by atoms with Gasteiger partial charge < -0.3 is 30.4 Å². The highest BCUT2D eigenvalue weighted by Gasteiger charge is 2.31. The standard InChI is InChI=1S/C21H30ClN3O5/c22-18-16(23)9-15(19-20(18)30-8-2-7-29-19)21(27)24-10-13-4-5-25(12-17(13)26)11-14-3-1-6-28-14/h9,13-14,17,26H,1-8,10-12,23H2,(H,24,27)/t13-,14?,17?/m0/s1. The fourth-order valence-electron chi connectivity index (χ4n) is 4.33. The molecule has 30 heavy (non-hydrogen) atoms. The molecule has 3 heterocycles. The number of benzene rings is 1. The first-order chi connectivity index (χ1) is 14.5. The Morgan fingerprint density at radius 3 is 2.77 bits per heavy atom. The molecule has 8 nitrogen and oxygen atoms in total. The molecule has 0 aromatic heterocycles. The van der Waals surface area contributed by atoms with Gasteiger partial charge in [0.25, 0.3) is 5.91 Å². The van der Waals surface area contributed by atoms with E-state index in [0.29, 0.717) is 49.8 Å². The van der Waals surface area contributed by atoms with Crippen LogP contribution in [0.1, 0.15) is 36.0 Å². The second kappa shape index (κ2) is 9.60. The van der Waals surface area contributed by atoms with E-state index in [2.05, 4.69) is 10.2 Å². The fourth-order valence-corrected chi connectivity index (χ4v) is 4.53. The number of anilines is 1. The maximum Gasteiger partial charge on any atom is 0.255 e. The summed E-state index contributed by atoms with van der Waals surface area (Å²) in [7, 11) is 0. The monoisotopic (exact) mass is 439 g/mol. The highest BCUT2D eigenvalue weighted by Crippen LogP contribution is 2.43. The van der Waals surface area contributed by atoms with E-state index in [1.807, 2.05) is 0 Å². The molecule has 0 radical (unpaired) electrons. The van der Waals surface area contributed by atoms with E-state index < -0.39 is 6.10 Å². The Labute approximate surface area is 181 Å². The van der Waals surface area contributed by atoms with Crippen LogP contribution in [-0.4, -0.2) is 74.1 Å². The number of nitrogens with zero attached hydrogens (tertiary/aromatic N) is 1. The van der Waals surface area contributed by atoms with E-state index >= 15 is 0 Å². The first-order valence-electron chi connectivity index (χ1n) is 10.7. The number of nitrogens with one attached hydrogen (secondary N) is 1. The van der Waals surface area contributed by atoms with Gasteiger partial charge in [0.15, 0.2) is 11.5 Å². The Morgan fingerprint density at radius 2 is 2.03 bits per heavy atom. The number of amides is 1. The molecule has 166 valence electrons. The Balaban J connectivity index is 1.35. The van der Waals surface area contributed by atoms with Gasteiger partial charge in [0.1, 0.15) is 5.02 Å². The lowest BCUT2D eigenvalue weighted by Gasteiger charge is -2.37. The lowest BCUT2D eigenvalue weighted by molar-refractivity contribution is -0.00191. The third-order valence-electron chi connectivity index (χ3n) is 6.05. The van der Waals surface area contributed by atoms with Crippen LogP contribution in [0.2, 0.25) is 5.02 Å². The van der Waals surface area contributed by atoms with E-state index in [0.717, 1.165) is 39.0 Å². The SMILES string of the molecule is Nc1cc(C(=O)NC[C@@H]2CCN(CC3CCCO3)CC2O)c2c(c1Cl)OCCCO2. The third kappa shape index (κ3) is 4.77. The molecule has 9 heteroatoms. The van der Waals surface area contributed by atoms with E-state index in [9.17, 15) is 9.90 Å². The number of piperidine rings is 1. The van der Waals surface area contributed by atoms with Gasteiger partial charge in [0.05, 0.1) is 36.7 Å². The Kier molecular flexibility index (Phi) is 6.87. The van der Waals surface area contributed by atoms with Gasteiger partial charge in [-0.15, -0.1) is 0 Å². The molecule has 2 unspecified atom stereocenters. The molecule has 0 saturated carbocycles. The number of nitrogen functional groups attached to an aromatic ring is 1. The summed E-state index contributed by atoms with van der Waals surface area (Å²) in [4.78, 5) is 15.1. The average Bonchev–Trinajstić information content (AvgIpc) is 3.11. The number of hydrogen-bond donors (Lipinski definition) is 3. The molecule has 4 rings (SSSR count). The van der Waals surface area contributed by atoms with Crippen LogP contribution in [0, 0.1) is 5.92 Å². The van der Waals surface area contributed by atoms with Gasteiger partial charge >= 0.3 is 0 Å². The number of hydrogen-bond acceptors (Lipinski definition) is 7. The summed E-state index contributed by atoms with van der Waals surface area (Å²) in [5.74, 6) is 0.335. The number of aliphatic hydroxyl groups excluding tert-OH is 1. The topological polar surface area (TPSA) is 106 Å². The summed E-state index contributed by atoms with van der Waals surface area (Å²) in [6.07, 6.45) is 3.50. The Hall–Kier alpha value is -1.74. The molecule has 0 aliphatic carbocycles. The first-order valence-corrected chi connectivity index (χ1v) is 11.1. The summed E-state index contributed by atoms with van der Waals surface area (Å²) < 4.78 is 17.1. The maximum absolute atomic E-state index is 12.9. The molecule has 2 saturated heterocycles. The van der Waals surface area contributed by atoms with Crippen molar-refractivity contribution in [2.75, 3.05) is 51.7 Å². The molecule has 0 spiro atoms. The third-order valence-corrected chi connectivity index (χ3v) is 6.44. The normalized spacial score (nSPS) is 26.9. The molecule has 0 bridgehead atoms. The molecule has 1 aromatic carbocycles. The number of halogens is 1. The van der Waals surface area contributed by atoms with Gasteiger partial charge in [0.2, 0.25) is 0 Å². The van der Waals surface area contributed by atoms with E-state index in [1.165, 1.54) is 6.07 Å². The average molecular weight is 440 g/mol. The van der Waals surface area contributed by atoms with Crippen molar-refractivity contribution in [2.24, 2.45) is 5.92 Å². The van der Waals surface area contributed by atoms with Crippen LogP contribution in [-0.2, 0) is 4.74 Å². The smallest absolute Gasteiger partial charge is 0.255 e. The summed E-state index contributed by atoms with van der Waals surface area (Å²) in [5, 5.41) is 13.8. The Morgan fingerprint density at radius 1 is 1.23 bits per heavy atom. The van der Waals surface area contributed by atoms with Crippen LogP contribution in [0.25, 0.3) is 0 Å². The van der Waals surface area contributed by atoms with Crippen LogP contribution in [0.3, 0.4) is 0 Å². The summed E-state index contributed by atoms with van der Waals surface area (Å²) in [6, 6.07) is 1.52. The highest BCUT2D eigenvalue weighted by molar-refractivity contribution is 6.35. The molecule has 2 fully saturated rings. The number of fused-ring (bicyclic) bond motifs is 1. The number of carbonyl (C=O) groups is 1. The highest BCUT2D eigenvalue weighted by atomic mass is 35.5. The minimum Gasteiger partial charge on any atom is -0.489 e. The summed E-state index contributed by atoms with van der Waals surface area (Å²) in [6.45, 7) is 4.46. The Bertz CT molecular complexity index is 771. The van der Waals surface area contributed by atoms with E-state index in [-0.39, 0.29) is 28.6 Å². The predicted molar refractivity (Wildman–Crippen MR) is 113 cm³/mol. The van der Waals surface area contributed by atoms with Crippen molar-refractivity contribution in [3.8, 4) is 11.5 Å². The van der Waals surface area contributed by atoms with Gasteiger partial charge in [-0.1, -0.05) is 11.6 Å². The lowest BCUT2D eigenvalue weighted by atomic mass is 9.93. The number of likely N-dealkylation sites (tertiary alicyclic amines) is 1. The van der Waals surface area contributed by atoms with Crippen LogP contribution in [0.4, 0.5) is 5.69 Å². The molecular formula is C21H30ClN3O5. The molecular weight excluding hydrogens is 410 g/mol. The molecule has 4 N–H and O–H groups in total. The van der Waals surface area contributed by atoms with Gasteiger partial charge in [-0.3, -0.25) is 9.69 Å². The molecule has 3 aliphatic heterocycles. The van der Waals surface area contributed by atoms with E-state index in [1.54, 1.807) is 0 Å².